The Kier molecular flexibility index (Phi) is 8.17. The summed E-state index contributed by atoms with van der Waals surface area (Å²) in [6.45, 7) is 15.8. The van der Waals surface area contributed by atoms with E-state index in [2.05, 4.69) is 156 Å². The van der Waals surface area contributed by atoms with Gasteiger partial charge in [-0.3, -0.25) is 0 Å². The second-order valence-corrected chi connectivity index (χ2v) is 12.0. The van der Waals surface area contributed by atoms with Gasteiger partial charge in [0.05, 0.1) is 11.4 Å². The largest absolute Gasteiger partial charge is 0.371 e. The van der Waals surface area contributed by atoms with Gasteiger partial charge in [-0.15, -0.1) is 0 Å². The normalized spacial score (nSPS) is 12.2. The molecule has 0 spiro atoms. The number of nitrogens with zero attached hydrogens (tertiary/aromatic N) is 2. The summed E-state index contributed by atoms with van der Waals surface area (Å²) in [7, 11) is 2.17. The van der Waals surface area contributed by atoms with Crippen LogP contribution in [0.15, 0.2) is 91.0 Å². The highest BCUT2D eigenvalue weighted by Crippen LogP contribution is 2.41. The third-order valence-electron chi connectivity index (χ3n) is 8.17. The highest BCUT2D eigenvalue weighted by atomic mass is 15.1. The van der Waals surface area contributed by atoms with Gasteiger partial charge in [0, 0.05) is 23.9 Å². The quantitative estimate of drug-likeness (QED) is 0.212. The van der Waals surface area contributed by atoms with Gasteiger partial charge in [-0.1, -0.05) is 124 Å². The number of nitrogens with one attached hydrogen (secondary N) is 1. The first-order valence-corrected chi connectivity index (χ1v) is 14.8. The lowest BCUT2D eigenvalue weighted by Crippen LogP contribution is -2.21. The first-order chi connectivity index (χ1) is 19.7. The van der Waals surface area contributed by atoms with E-state index >= 15 is 0 Å². The number of aromatic nitrogens is 2. The van der Waals surface area contributed by atoms with Crippen LogP contribution in [0.2, 0.25) is 0 Å². The van der Waals surface area contributed by atoms with Gasteiger partial charge >= 0.3 is 0 Å². The van der Waals surface area contributed by atoms with Crippen molar-refractivity contribution in [2.45, 2.75) is 66.3 Å². The molecule has 0 aliphatic heterocycles. The Labute approximate surface area is 246 Å². The predicted molar refractivity (Wildman–Crippen MR) is 175 cm³/mol. The smallest absolute Gasteiger partial charge is 0.136 e. The number of imidazole rings is 1. The molecule has 5 rings (SSSR count). The van der Waals surface area contributed by atoms with E-state index in [1.165, 1.54) is 39.1 Å². The summed E-state index contributed by atoms with van der Waals surface area (Å²) in [6, 6.07) is 32.4. The Bertz CT molecular complexity index is 1590. The Morgan fingerprint density at radius 1 is 0.659 bits per heavy atom. The molecule has 1 N–H and O–H groups in total. The van der Waals surface area contributed by atoms with Gasteiger partial charge in [0.1, 0.15) is 11.9 Å². The standard InChI is InChI=1S/C38H43N3/c1-24(2)31-20-15-21-32(25(3)4)35(31)39-36(33-27(6)22-26(5)23-28(33)7)38-40-34(29-16-11-9-12-17-29)37(41(38)8)30-18-13-10-14-19-30/h9-25,36,39H,1-8H3. The van der Waals surface area contributed by atoms with Crippen molar-refractivity contribution < 1.29 is 0 Å². The van der Waals surface area contributed by atoms with Crippen molar-refractivity contribution in [1.82, 2.24) is 9.55 Å². The van der Waals surface area contributed by atoms with Gasteiger partial charge < -0.3 is 9.88 Å². The van der Waals surface area contributed by atoms with Gasteiger partial charge in [0.25, 0.3) is 0 Å². The zero-order valence-electron chi connectivity index (χ0n) is 25.8. The molecule has 1 heterocycles. The van der Waals surface area contributed by atoms with Crippen LogP contribution in [0.4, 0.5) is 5.69 Å². The number of anilines is 1. The Morgan fingerprint density at radius 3 is 1.68 bits per heavy atom. The van der Waals surface area contributed by atoms with E-state index < -0.39 is 0 Å². The monoisotopic (exact) mass is 541 g/mol. The van der Waals surface area contributed by atoms with Crippen LogP contribution in [-0.2, 0) is 7.05 Å². The molecule has 1 atom stereocenters. The third-order valence-corrected chi connectivity index (χ3v) is 8.17. The summed E-state index contributed by atoms with van der Waals surface area (Å²) in [5.74, 6) is 1.78. The number of hydrogen-bond acceptors (Lipinski definition) is 2. The van der Waals surface area contributed by atoms with Crippen LogP contribution in [0.25, 0.3) is 22.5 Å². The number of aryl methyl sites for hydroxylation is 3. The van der Waals surface area contributed by atoms with E-state index in [1.807, 2.05) is 0 Å². The van der Waals surface area contributed by atoms with Crippen LogP contribution in [-0.4, -0.2) is 9.55 Å². The minimum Gasteiger partial charge on any atom is -0.371 e. The number of benzene rings is 4. The highest BCUT2D eigenvalue weighted by Gasteiger charge is 2.29. The van der Waals surface area contributed by atoms with Crippen molar-refractivity contribution >= 4 is 5.69 Å². The van der Waals surface area contributed by atoms with Gasteiger partial charge in [-0.05, 0) is 60.4 Å². The van der Waals surface area contributed by atoms with Crippen molar-refractivity contribution in [3.63, 3.8) is 0 Å². The van der Waals surface area contributed by atoms with Gasteiger partial charge in [-0.2, -0.15) is 0 Å². The summed E-state index contributed by atoms with van der Waals surface area (Å²) in [4.78, 5) is 5.48. The SMILES string of the molecule is Cc1cc(C)c(C(Nc2c(C(C)C)cccc2C(C)C)c2nc(-c3ccccc3)c(-c3ccccc3)n2C)c(C)c1. The second-order valence-electron chi connectivity index (χ2n) is 12.0. The maximum atomic E-state index is 5.48. The third kappa shape index (κ3) is 5.59. The fourth-order valence-electron chi connectivity index (χ4n) is 6.27. The minimum absolute atomic E-state index is 0.141. The van der Waals surface area contributed by atoms with Crippen LogP contribution in [0.3, 0.4) is 0 Å². The zero-order chi connectivity index (χ0) is 29.3. The summed E-state index contributed by atoms with van der Waals surface area (Å²) in [5.41, 5.74) is 13.4. The lowest BCUT2D eigenvalue weighted by molar-refractivity contribution is 0.737. The molecule has 0 radical (unpaired) electrons. The molecule has 5 aromatic rings. The second kappa shape index (κ2) is 11.8. The summed E-state index contributed by atoms with van der Waals surface area (Å²) < 4.78 is 2.31. The average Bonchev–Trinajstić information content (AvgIpc) is 3.29. The molecular weight excluding hydrogens is 498 g/mol. The summed E-state index contributed by atoms with van der Waals surface area (Å²) in [5, 5.41) is 4.11. The molecule has 0 fully saturated rings. The van der Waals surface area contributed by atoms with Crippen molar-refractivity contribution in [3.05, 3.63) is 130 Å². The van der Waals surface area contributed by atoms with Gasteiger partial charge in [0.15, 0.2) is 0 Å². The number of hydrogen-bond donors (Lipinski definition) is 1. The van der Waals surface area contributed by atoms with Crippen molar-refractivity contribution in [1.29, 1.82) is 0 Å². The molecule has 1 aromatic heterocycles. The molecule has 1 unspecified atom stereocenters. The van der Waals surface area contributed by atoms with E-state index in [9.17, 15) is 0 Å². The fraction of sp³-hybridized carbons (Fsp3) is 0.289. The van der Waals surface area contributed by atoms with Crippen LogP contribution in [0.1, 0.15) is 84.8 Å². The van der Waals surface area contributed by atoms with Crippen LogP contribution in [0.5, 0.6) is 0 Å². The molecule has 0 saturated heterocycles. The topological polar surface area (TPSA) is 29.9 Å². The molecule has 0 saturated carbocycles. The maximum absolute atomic E-state index is 5.48. The highest BCUT2D eigenvalue weighted by molar-refractivity contribution is 5.79. The minimum atomic E-state index is -0.141. The van der Waals surface area contributed by atoms with Gasteiger partial charge in [-0.25, -0.2) is 4.98 Å². The van der Waals surface area contributed by atoms with Crippen molar-refractivity contribution in [2.24, 2.45) is 7.05 Å². The molecule has 4 aromatic carbocycles. The van der Waals surface area contributed by atoms with Crippen molar-refractivity contribution in [2.75, 3.05) is 5.32 Å². The van der Waals surface area contributed by atoms with Gasteiger partial charge in [0.2, 0.25) is 0 Å². The lowest BCUT2D eigenvalue weighted by Gasteiger charge is -2.29. The Balaban J connectivity index is 1.82. The fourth-order valence-corrected chi connectivity index (χ4v) is 6.27. The van der Waals surface area contributed by atoms with E-state index in [-0.39, 0.29) is 6.04 Å². The number of para-hydroxylation sites is 1. The van der Waals surface area contributed by atoms with Crippen LogP contribution < -0.4 is 5.32 Å². The first kappa shape index (κ1) is 28.4. The zero-order valence-corrected chi connectivity index (χ0v) is 25.8. The first-order valence-electron chi connectivity index (χ1n) is 14.8. The van der Waals surface area contributed by atoms with Crippen LogP contribution >= 0.6 is 0 Å². The molecule has 3 heteroatoms. The van der Waals surface area contributed by atoms with E-state index in [0.29, 0.717) is 11.8 Å². The molecule has 41 heavy (non-hydrogen) atoms. The molecule has 210 valence electrons. The van der Waals surface area contributed by atoms with Crippen LogP contribution in [0, 0.1) is 20.8 Å². The van der Waals surface area contributed by atoms with E-state index in [0.717, 1.165) is 28.3 Å². The Hall–Kier alpha value is -4.11. The molecular formula is C38H43N3. The van der Waals surface area contributed by atoms with Crippen molar-refractivity contribution in [3.8, 4) is 22.5 Å². The molecule has 0 aliphatic carbocycles. The molecule has 3 nitrogen and oxygen atoms in total. The predicted octanol–water partition coefficient (Wildman–Crippen LogP) is 10.1. The molecule has 0 bridgehead atoms. The summed E-state index contributed by atoms with van der Waals surface area (Å²) >= 11 is 0. The molecule has 0 amide bonds. The van der Waals surface area contributed by atoms with E-state index in [4.69, 9.17) is 4.98 Å². The molecule has 0 aliphatic rings. The summed E-state index contributed by atoms with van der Waals surface area (Å²) in [6.07, 6.45) is 0. The maximum Gasteiger partial charge on any atom is 0.136 e. The average molecular weight is 542 g/mol. The number of rotatable bonds is 8. The van der Waals surface area contributed by atoms with E-state index in [1.54, 1.807) is 0 Å². The lowest BCUT2D eigenvalue weighted by atomic mass is 9.89. The Morgan fingerprint density at radius 2 is 1.17 bits per heavy atom.